The number of ether oxygens (including phenoxy) is 4. The number of benzene rings is 2. The summed E-state index contributed by atoms with van der Waals surface area (Å²) in [6.45, 7) is 12.6. The summed E-state index contributed by atoms with van der Waals surface area (Å²) >= 11 is 0. The van der Waals surface area contributed by atoms with Gasteiger partial charge in [0, 0.05) is 0 Å². The van der Waals surface area contributed by atoms with Crippen molar-refractivity contribution in [3.63, 3.8) is 0 Å². The van der Waals surface area contributed by atoms with Crippen molar-refractivity contribution in [2.24, 2.45) is 29.2 Å². The lowest BCUT2D eigenvalue weighted by Gasteiger charge is -2.23. The van der Waals surface area contributed by atoms with E-state index in [0.29, 0.717) is 29.3 Å². The van der Waals surface area contributed by atoms with Crippen molar-refractivity contribution in [1.82, 2.24) is 0 Å². The van der Waals surface area contributed by atoms with Crippen molar-refractivity contribution in [3.05, 3.63) is 58.7 Å². The minimum absolute atomic E-state index is 0.0897. The van der Waals surface area contributed by atoms with Gasteiger partial charge in [-0.25, -0.2) is 9.59 Å². The van der Waals surface area contributed by atoms with Gasteiger partial charge in [-0.05, 0) is 103 Å². The maximum absolute atomic E-state index is 12.9. The van der Waals surface area contributed by atoms with Crippen LogP contribution in [0.3, 0.4) is 0 Å². The van der Waals surface area contributed by atoms with Gasteiger partial charge in [-0.3, -0.25) is 9.59 Å². The molecule has 10 nitrogen and oxygen atoms in total. The molecule has 2 aromatic rings. The highest BCUT2D eigenvalue weighted by Crippen LogP contribution is 2.55. The van der Waals surface area contributed by atoms with E-state index in [-0.39, 0.29) is 23.7 Å². The Morgan fingerprint density at radius 1 is 0.688 bits per heavy atom. The molecule has 0 aliphatic heterocycles. The van der Waals surface area contributed by atoms with Crippen molar-refractivity contribution >= 4 is 23.9 Å². The minimum Gasteiger partial charge on any atom is -0.453 e. The quantitative estimate of drug-likeness (QED) is 0.165. The number of carbonyl (C=O) groups is 4. The van der Waals surface area contributed by atoms with Crippen LogP contribution in [-0.2, 0) is 28.7 Å². The molecule has 0 heterocycles. The van der Waals surface area contributed by atoms with Gasteiger partial charge in [-0.15, -0.1) is 0 Å². The maximum atomic E-state index is 12.9. The Labute approximate surface area is 284 Å². The fraction of sp³-hybridized carbons (Fsp3) is 0.579. The first kappa shape index (κ1) is 37.1. The van der Waals surface area contributed by atoms with Crippen molar-refractivity contribution in [2.45, 2.75) is 110 Å². The van der Waals surface area contributed by atoms with Gasteiger partial charge in [0.15, 0.2) is 13.2 Å². The minimum atomic E-state index is -0.831. The van der Waals surface area contributed by atoms with Crippen LogP contribution in [0.1, 0.15) is 120 Å². The number of hydrogen-bond donors (Lipinski definition) is 2. The van der Waals surface area contributed by atoms with Crippen LogP contribution in [0.4, 0.5) is 0 Å². The van der Waals surface area contributed by atoms with Gasteiger partial charge in [-0.1, -0.05) is 71.0 Å². The number of rotatable bonds is 16. The predicted molar refractivity (Wildman–Crippen MR) is 182 cm³/mol. The monoisotopic (exact) mass is 664 g/mol. The Balaban J connectivity index is 1.49. The Bertz CT molecular complexity index is 1480. The van der Waals surface area contributed by atoms with E-state index in [9.17, 15) is 19.2 Å². The lowest BCUT2D eigenvalue weighted by atomic mass is 9.86. The second-order valence-corrected chi connectivity index (χ2v) is 14.1. The predicted octanol–water partition coefficient (Wildman–Crippen LogP) is 5.85. The molecule has 3 unspecified atom stereocenters. The molecular formula is C38H52N2O8. The van der Waals surface area contributed by atoms with Crippen LogP contribution < -0.4 is 20.9 Å². The number of hydrogen-bond acceptors (Lipinski definition) is 10. The summed E-state index contributed by atoms with van der Waals surface area (Å²) in [5.74, 6) is 0.353. The van der Waals surface area contributed by atoms with E-state index < -0.39 is 49.2 Å². The third kappa shape index (κ3) is 9.44. The van der Waals surface area contributed by atoms with E-state index in [1.165, 1.54) is 13.8 Å². The van der Waals surface area contributed by atoms with Crippen LogP contribution in [-0.4, -0.2) is 49.2 Å². The summed E-state index contributed by atoms with van der Waals surface area (Å²) in [5, 5.41) is 0. The molecule has 2 aromatic carbocycles. The highest BCUT2D eigenvalue weighted by Gasteiger charge is 2.43. The van der Waals surface area contributed by atoms with Gasteiger partial charge < -0.3 is 30.4 Å². The number of esters is 4. The van der Waals surface area contributed by atoms with E-state index in [4.69, 9.17) is 30.4 Å². The summed E-state index contributed by atoms with van der Waals surface area (Å²) < 4.78 is 21.9. The smallest absolute Gasteiger partial charge is 0.349 e. The standard InChI is InChI=1S/C38H52N2O8/c1-20(2)28-10-8-13-31(35(28)47-33(41)18-45-37(43)24(6)39)23(5)32-17-27(32)16-21(3)29-11-9-12-30(22(4)26-14-15-26)36(29)48-34(42)19-46-38(44)25(7)40/h8-13,20-27,32H,14-19,39-40H2,1-7H3/t21?,22-,23+,24+,25-,27?,32?/m1/s1. The fourth-order valence-electron chi connectivity index (χ4n) is 6.57. The molecular weight excluding hydrogens is 612 g/mol. The van der Waals surface area contributed by atoms with Crippen molar-refractivity contribution in [1.29, 1.82) is 0 Å². The molecule has 0 spiro atoms. The van der Waals surface area contributed by atoms with Crippen molar-refractivity contribution in [2.75, 3.05) is 13.2 Å². The molecule has 7 atom stereocenters. The van der Waals surface area contributed by atoms with Crippen LogP contribution in [0, 0.1) is 17.8 Å². The van der Waals surface area contributed by atoms with Crippen LogP contribution in [0.15, 0.2) is 36.4 Å². The Kier molecular flexibility index (Phi) is 12.4. The fourth-order valence-corrected chi connectivity index (χ4v) is 6.57. The second kappa shape index (κ2) is 16.1. The Morgan fingerprint density at radius 3 is 1.62 bits per heavy atom. The average Bonchev–Trinajstić information content (AvgIpc) is 3.98. The van der Waals surface area contributed by atoms with Crippen molar-refractivity contribution in [3.8, 4) is 11.5 Å². The van der Waals surface area contributed by atoms with E-state index >= 15 is 0 Å². The third-order valence-corrected chi connectivity index (χ3v) is 9.73. The zero-order valence-corrected chi connectivity index (χ0v) is 29.3. The molecule has 2 fully saturated rings. The average molecular weight is 665 g/mol. The van der Waals surface area contributed by atoms with Gasteiger partial charge in [0.05, 0.1) is 0 Å². The lowest BCUT2D eigenvalue weighted by Crippen LogP contribution is -2.31. The summed E-state index contributed by atoms with van der Waals surface area (Å²) in [7, 11) is 0. The molecule has 10 heteroatoms. The lowest BCUT2D eigenvalue weighted by molar-refractivity contribution is -0.154. The van der Waals surface area contributed by atoms with E-state index in [1.807, 2.05) is 50.2 Å². The summed E-state index contributed by atoms with van der Waals surface area (Å²) in [6.07, 6.45) is 4.19. The summed E-state index contributed by atoms with van der Waals surface area (Å²) in [6, 6.07) is 10.4. The van der Waals surface area contributed by atoms with Crippen LogP contribution in [0.2, 0.25) is 0 Å². The molecule has 48 heavy (non-hydrogen) atoms. The molecule has 2 aliphatic rings. The van der Waals surface area contributed by atoms with Gasteiger partial charge >= 0.3 is 23.9 Å². The molecule has 4 rings (SSSR count). The Morgan fingerprint density at radius 2 is 1.15 bits per heavy atom. The SMILES string of the molecule is CC(C)c1cccc([C@H](C)C2CC2CC(C)c2cccc([C@H](C)C3CC3)c2OC(=O)COC(=O)[C@@H](C)N)c1OC(=O)COC(=O)[C@H](C)N. The zero-order valence-electron chi connectivity index (χ0n) is 29.3. The molecule has 2 saturated carbocycles. The molecule has 0 aromatic heterocycles. The third-order valence-electron chi connectivity index (χ3n) is 9.73. The molecule has 0 saturated heterocycles. The number of nitrogens with two attached hydrogens (primary N) is 2. The highest BCUT2D eigenvalue weighted by molar-refractivity contribution is 5.81. The molecule has 0 bridgehead atoms. The van der Waals surface area contributed by atoms with Gasteiger partial charge in [0.2, 0.25) is 0 Å². The van der Waals surface area contributed by atoms with E-state index in [2.05, 4.69) is 20.8 Å². The zero-order chi connectivity index (χ0) is 35.3. The molecule has 0 radical (unpaired) electrons. The largest absolute Gasteiger partial charge is 0.453 e. The summed E-state index contributed by atoms with van der Waals surface area (Å²) in [4.78, 5) is 49.3. The van der Waals surface area contributed by atoms with E-state index in [1.54, 1.807) is 0 Å². The first-order valence-electron chi connectivity index (χ1n) is 17.2. The van der Waals surface area contributed by atoms with E-state index in [0.717, 1.165) is 47.9 Å². The normalized spacial score (nSPS) is 20.2. The topological polar surface area (TPSA) is 157 Å². The van der Waals surface area contributed by atoms with Gasteiger partial charge in [0.25, 0.3) is 0 Å². The van der Waals surface area contributed by atoms with Crippen LogP contribution in [0.5, 0.6) is 11.5 Å². The Hall–Kier alpha value is -3.76. The van der Waals surface area contributed by atoms with Crippen LogP contribution >= 0.6 is 0 Å². The van der Waals surface area contributed by atoms with Crippen molar-refractivity contribution < 1.29 is 38.1 Å². The highest BCUT2D eigenvalue weighted by atomic mass is 16.6. The summed E-state index contributed by atoms with van der Waals surface area (Å²) in [5.41, 5.74) is 15.0. The maximum Gasteiger partial charge on any atom is 0.349 e. The second-order valence-electron chi connectivity index (χ2n) is 14.1. The number of carbonyl (C=O) groups excluding carboxylic acids is 4. The molecule has 0 amide bonds. The van der Waals surface area contributed by atoms with Crippen LogP contribution in [0.25, 0.3) is 0 Å². The first-order valence-corrected chi connectivity index (χ1v) is 17.2. The van der Waals surface area contributed by atoms with Gasteiger partial charge in [-0.2, -0.15) is 0 Å². The number of para-hydroxylation sites is 2. The first-order chi connectivity index (χ1) is 22.7. The molecule has 4 N–H and O–H groups in total. The molecule has 2 aliphatic carbocycles. The molecule has 262 valence electrons. The van der Waals surface area contributed by atoms with Gasteiger partial charge in [0.1, 0.15) is 23.6 Å².